The molecule has 3 rings (SSSR count). The summed E-state index contributed by atoms with van der Waals surface area (Å²) >= 11 is 0. The molecule has 2 heterocycles. The average Bonchev–Trinajstić information content (AvgIpc) is 3.00. The maximum absolute atomic E-state index is 13.2. The summed E-state index contributed by atoms with van der Waals surface area (Å²) in [5.41, 5.74) is 1.13. The number of carbonyl (C=O) groups excluding carboxylic acids is 2. The van der Waals surface area contributed by atoms with Gasteiger partial charge < -0.3 is 15.0 Å². The van der Waals surface area contributed by atoms with E-state index in [0.29, 0.717) is 54.1 Å². The van der Waals surface area contributed by atoms with E-state index in [0.717, 1.165) is 12.1 Å². The van der Waals surface area contributed by atoms with Gasteiger partial charge in [0.1, 0.15) is 5.69 Å². The Labute approximate surface area is 173 Å². The lowest BCUT2D eigenvalue weighted by Gasteiger charge is -2.38. The van der Waals surface area contributed by atoms with E-state index in [1.807, 2.05) is 0 Å². The minimum absolute atomic E-state index is 0.134. The number of benzene rings is 1. The van der Waals surface area contributed by atoms with Gasteiger partial charge in [-0.2, -0.15) is 13.2 Å². The fourth-order valence-corrected chi connectivity index (χ4v) is 4.20. The molecule has 1 aliphatic heterocycles. The Morgan fingerprint density at radius 2 is 1.87 bits per heavy atom. The van der Waals surface area contributed by atoms with Gasteiger partial charge in [0, 0.05) is 36.4 Å². The molecule has 8 heteroatoms. The fraction of sp³-hybridized carbons (Fsp3) is 0.455. The molecule has 1 saturated heterocycles. The summed E-state index contributed by atoms with van der Waals surface area (Å²) in [4.78, 5) is 27.6. The van der Waals surface area contributed by atoms with Crippen molar-refractivity contribution in [3.63, 3.8) is 0 Å². The maximum atomic E-state index is 13.2. The number of ketones is 1. The molecule has 2 N–H and O–H groups in total. The van der Waals surface area contributed by atoms with Crippen LogP contribution in [0.3, 0.4) is 0 Å². The topological polar surface area (TPSA) is 71.2 Å². The first-order valence-electron chi connectivity index (χ1n) is 9.79. The number of aromatic amines is 1. The molecule has 0 saturated carbocycles. The molecule has 2 aromatic rings. The Morgan fingerprint density at radius 1 is 1.20 bits per heavy atom. The highest BCUT2D eigenvalue weighted by Gasteiger charge is 2.38. The van der Waals surface area contributed by atoms with Crippen molar-refractivity contribution >= 4 is 11.7 Å². The van der Waals surface area contributed by atoms with Crippen LogP contribution in [0.1, 0.15) is 63.0 Å². The zero-order chi connectivity index (χ0) is 22.1. The third-order valence-corrected chi connectivity index (χ3v) is 5.86. The zero-order valence-corrected chi connectivity index (χ0v) is 17.2. The lowest BCUT2D eigenvalue weighted by Crippen LogP contribution is -2.45. The van der Waals surface area contributed by atoms with Crippen LogP contribution in [-0.4, -0.2) is 36.4 Å². The van der Waals surface area contributed by atoms with E-state index in [-0.39, 0.29) is 18.2 Å². The van der Waals surface area contributed by atoms with Gasteiger partial charge in [-0.1, -0.05) is 18.2 Å². The Hall–Kier alpha value is -2.61. The van der Waals surface area contributed by atoms with Crippen molar-refractivity contribution in [2.24, 2.45) is 0 Å². The first-order chi connectivity index (χ1) is 14.0. The van der Waals surface area contributed by atoms with E-state index >= 15 is 0 Å². The van der Waals surface area contributed by atoms with E-state index in [2.05, 4.69) is 10.3 Å². The zero-order valence-electron chi connectivity index (χ0n) is 17.2. The van der Waals surface area contributed by atoms with Crippen molar-refractivity contribution in [1.82, 2.24) is 10.3 Å². The van der Waals surface area contributed by atoms with Crippen LogP contribution < -0.4 is 5.32 Å². The van der Waals surface area contributed by atoms with Gasteiger partial charge in [0.2, 0.25) is 0 Å². The molecule has 30 heavy (non-hydrogen) atoms. The first kappa shape index (κ1) is 22.1. The number of ether oxygens (including phenoxy) is 1. The monoisotopic (exact) mass is 422 g/mol. The van der Waals surface area contributed by atoms with Gasteiger partial charge in [-0.3, -0.25) is 9.59 Å². The van der Waals surface area contributed by atoms with Crippen molar-refractivity contribution in [2.75, 3.05) is 19.8 Å². The van der Waals surface area contributed by atoms with Crippen LogP contribution in [0, 0.1) is 13.8 Å². The van der Waals surface area contributed by atoms with Gasteiger partial charge in [-0.15, -0.1) is 0 Å². The molecule has 162 valence electrons. The van der Waals surface area contributed by atoms with Crippen LogP contribution in [0.5, 0.6) is 0 Å². The number of hydrogen-bond donors (Lipinski definition) is 2. The predicted octanol–water partition coefficient (Wildman–Crippen LogP) is 4.33. The number of halogens is 3. The molecule has 0 bridgehead atoms. The third kappa shape index (κ3) is 4.28. The number of Topliss-reactive ketones (excluding diaryl/α,β-unsaturated/α-hetero) is 1. The van der Waals surface area contributed by atoms with Gasteiger partial charge >= 0.3 is 6.18 Å². The number of hydrogen-bond acceptors (Lipinski definition) is 3. The van der Waals surface area contributed by atoms with Crippen molar-refractivity contribution in [1.29, 1.82) is 0 Å². The second kappa shape index (κ2) is 8.26. The first-order valence-corrected chi connectivity index (χ1v) is 9.79. The molecule has 1 fully saturated rings. The van der Waals surface area contributed by atoms with Gasteiger partial charge in [0.05, 0.1) is 5.56 Å². The molecule has 0 aliphatic carbocycles. The number of alkyl halides is 3. The standard InChI is InChI=1S/C22H25F3N2O3/c1-13-18(15(3)28)14(2)27-19(13)20(29)26-12-21(7-9-30-10-8-21)16-5-4-6-17(11-16)22(23,24)25/h4-6,11,27H,7-10,12H2,1-3H3,(H,26,29). The number of amides is 1. The molecule has 0 unspecified atom stereocenters. The van der Waals surface area contributed by atoms with Crippen LogP contribution in [0.4, 0.5) is 13.2 Å². The van der Waals surface area contributed by atoms with E-state index in [1.54, 1.807) is 19.9 Å². The van der Waals surface area contributed by atoms with Crippen molar-refractivity contribution < 1.29 is 27.5 Å². The van der Waals surface area contributed by atoms with E-state index in [4.69, 9.17) is 4.74 Å². The summed E-state index contributed by atoms with van der Waals surface area (Å²) in [6.45, 7) is 5.84. The summed E-state index contributed by atoms with van der Waals surface area (Å²) < 4.78 is 45.1. The minimum Gasteiger partial charge on any atom is -0.381 e. The third-order valence-electron chi connectivity index (χ3n) is 5.86. The second-order valence-corrected chi connectivity index (χ2v) is 7.84. The average molecular weight is 422 g/mol. The van der Waals surface area contributed by atoms with Gasteiger partial charge in [0.25, 0.3) is 5.91 Å². The predicted molar refractivity (Wildman–Crippen MR) is 106 cm³/mol. The summed E-state index contributed by atoms with van der Waals surface area (Å²) in [5, 5.41) is 2.87. The molecule has 5 nitrogen and oxygen atoms in total. The Kier molecular flexibility index (Phi) is 6.08. The van der Waals surface area contributed by atoms with E-state index < -0.39 is 17.2 Å². The van der Waals surface area contributed by atoms with Crippen LogP contribution in [0.25, 0.3) is 0 Å². The van der Waals surface area contributed by atoms with Crippen molar-refractivity contribution in [3.8, 4) is 0 Å². The second-order valence-electron chi connectivity index (χ2n) is 7.84. The molecular formula is C22H25F3N2O3. The van der Waals surface area contributed by atoms with Crippen molar-refractivity contribution in [2.45, 2.75) is 45.2 Å². The normalized spacial score (nSPS) is 16.3. The largest absolute Gasteiger partial charge is 0.416 e. The lowest BCUT2D eigenvalue weighted by atomic mass is 9.73. The van der Waals surface area contributed by atoms with E-state index in [1.165, 1.54) is 13.0 Å². The SMILES string of the molecule is CC(=O)c1c(C)[nH]c(C(=O)NCC2(c3cccc(C(F)(F)F)c3)CCOCC2)c1C. The van der Waals surface area contributed by atoms with Crippen molar-refractivity contribution in [3.05, 3.63) is 57.9 Å². The Morgan fingerprint density at radius 3 is 2.43 bits per heavy atom. The quantitative estimate of drug-likeness (QED) is 0.705. The molecule has 1 aromatic carbocycles. The number of aryl methyl sites for hydroxylation is 1. The van der Waals surface area contributed by atoms with Crippen LogP contribution in [-0.2, 0) is 16.3 Å². The molecule has 0 radical (unpaired) electrons. The molecule has 0 spiro atoms. The van der Waals surface area contributed by atoms with Gasteiger partial charge in [-0.25, -0.2) is 0 Å². The number of rotatable bonds is 5. The summed E-state index contributed by atoms with van der Waals surface area (Å²) in [6, 6.07) is 5.28. The fourth-order valence-electron chi connectivity index (χ4n) is 4.20. The number of nitrogens with one attached hydrogen (secondary N) is 2. The van der Waals surface area contributed by atoms with Gasteiger partial charge in [0.15, 0.2) is 5.78 Å². The van der Waals surface area contributed by atoms with Crippen LogP contribution in [0.2, 0.25) is 0 Å². The summed E-state index contributed by atoms with van der Waals surface area (Å²) in [7, 11) is 0. The highest BCUT2D eigenvalue weighted by molar-refractivity contribution is 6.02. The summed E-state index contributed by atoms with van der Waals surface area (Å²) in [5.74, 6) is -0.522. The number of H-pyrrole nitrogens is 1. The van der Waals surface area contributed by atoms with E-state index in [9.17, 15) is 22.8 Å². The molecule has 0 atom stereocenters. The highest BCUT2D eigenvalue weighted by atomic mass is 19.4. The molecule has 1 amide bonds. The minimum atomic E-state index is -4.44. The number of aromatic nitrogens is 1. The van der Waals surface area contributed by atoms with Crippen LogP contribution in [0.15, 0.2) is 24.3 Å². The van der Waals surface area contributed by atoms with Gasteiger partial charge in [-0.05, 0) is 50.8 Å². The summed E-state index contributed by atoms with van der Waals surface area (Å²) in [6.07, 6.45) is -3.44. The lowest BCUT2D eigenvalue weighted by molar-refractivity contribution is -0.137. The Bertz CT molecular complexity index is 957. The highest BCUT2D eigenvalue weighted by Crippen LogP contribution is 2.38. The molecular weight excluding hydrogens is 397 g/mol. The maximum Gasteiger partial charge on any atom is 0.416 e. The number of carbonyl (C=O) groups is 2. The smallest absolute Gasteiger partial charge is 0.381 e. The Balaban J connectivity index is 1.87. The van der Waals surface area contributed by atoms with Crippen LogP contribution >= 0.6 is 0 Å². The molecule has 1 aliphatic rings. The molecule has 1 aromatic heterocycles.